The molecule has 3 aromatic rings. The number of hydrogen-bond acceptors (Lipinski definition) is 4. The summed E-state index contributed by atoms with van der Waals surface area (Å²) in [6, 6.07) is 8.26. The Balaban J connectivity index is 1.65. The summed E-state index contributed by atoms with van der Waals surface area (Å²) in [5.74, 6) is -4.66. The summed E-state index contributed by atoms with van der Waals surface area (Å²) in [6.45, 7) is 0.459. The summed E-state index contributed by atoms with van der Waals surface area (Å²) < 4.78 is 44.9. The fraction of sp³-hybridized carbons (Fsp3) is 0.0588. The Bertz CT molecular complexity index is 881. The Morgan fingerprint density at radius 1 is 1.08 bits per heavy atom. The van der Waals surface area contributed by atoms with Crippen LogP contribution in [-0.4, -0.2) is 10.9 Å². The van der Waals surface area contributed by atoms with Gasteiger partial charge in [-0.3, -0.25) is 4.79 Å². The van der Waals surface area contributed by atoms with Crippen molar-refractivity contribution in [3.63, 3.8) is 0 Å². The number of nitrogens with one attached hydrogen (secondary N) is 2. The van der Waals surface area contributed by atoms with Gasteiger partial charge in [-0.15, -0.1) is 0 Å². The molecule has 0 spiro atoms. The molecule has 0 radical (unpaired) electrons. The van der Waals surface area contributed by atoms with Gasteiger partial charge in [0.25, 0.3) is 5.91 Å². The molecule has 0 atom stereocenters. The molecule has 25 heavy (non-hydrogen) atoms. The van der Waals surface area contributed by atoms with E-state index in [4.69, 9.17) is 4.42 Å². The number of aromatic nitrogens is 1. The average molecular weight is 347 g/mol. The lowest BCUT2D eigenvalue weighted by Crippen LogP contribution is -2.16. The van der Waals surface area contributed by atoms with Crippen LogP contribution in [0, 0.1) is 17.5 Å². The van der Waals surface area contributed by atoms with E-state index in [2.05, 4.69) is 15.6 Å². The zero-order valence-corrected chi connectivity index (χ0v) is 12.7. The number of benzene rings is 1. The van der Waals surface area contributed by atoms with Gasteiger partial charge in [-0.25, -0.2) is 18.2 Å². The van der Waals surface area contributed by atoms with Gasteiger partial charge < -0.3 is 15.1 Å². The average Bonchev–Trinajstić information content (AvgIpc) is 3.12. The third kappa shape index (κ3) is 3.79. The predicted octanol–water partition coefficient (Wildman–Crippen LogP) is 3.96. The molecule has 0 bridgehead atoms. The van der Waals surface area contributed by atoms with Crippen LogP contribution in [-0.2, 0) is 6.54 Å². The lowest BCUT2D eigenvalue weighted by atomic mass is 10.2. The fourth-order valence-electron chi connectivity index (χ4n) is 2.06. The first-order chi connectivity index (χ1) is 12.0. The van der Waals surface area contributed by atoms with Gasteiger partial charge in [-0.2, -0.15) is 0 Å². The minimum absolute atomic E-state index is 0.137. The predicted molar refractivity (Wildman–Crippen MR) is 84.5 cm³/mol. The number of furan rings is 1. The molecule has 2 aromatic heterocycles. The summed E-state index contributed by atoms with van der Waals surface area (Å²) in [4.78, 5) is 16.0. The van der Waals surface area contributed by atoms with Gasteiger partial charge in [0.1, 0.15) is 11.6 Å². The minimum atomic E-state index is -1.70. The first-order valence-electron chi connectivity index (χ1n) is 7.22. The molecule has 1 aromatic carbocycles. The van der Waals surface area contributed by atoms with Crippen molar-refractivity contribution in [2.45, 2.75) is 6.54 Å². The molecular formula is C17H12F3N3O2. The molecule has 128 valence electrons. The summed E-state index contributed by atoms with van der Waals surface area (Å²) >= 11 is 0. The van der Waals surface area contributed by atoms with Gasteiger partial charge in [0.2, 0.25) is 0 Å². The molecule has 0 aliphatic rings. The van der Waals surface area contributed by atoms with Crippen molar-refractivity contribution >= 4 is 17.4 Å². The van der Waals surface area contributed by atoms with Gasteiger partial charge in [-0.1, -0.05) is 0 Å². The van der Waals surface area contributed by atoms with Crippen LogP contribution >= 0.6 is 0 Å². The lowest BCUT2D eigenvalue weighted by molar-refractivity contribution is 0.102. The highest BCUT2D eigenvalue weighted by Gasteiger charge is 2.19. The van der Waals surface area contributed by atoms with E-state index in [0.717, 1.165) is 11.8 Å². The maximum absolute atomic E-state index is 13.6. The molecule has 3 rings (SSSR count). The minimum Gasteiger partial charge on any atom is -0.467 e. The zero-order valence-electron chi connectivity index (χ0n) is 12.7. The Morgan fingerprint density at radius 3 is 2.60 bits per heavy atom. The number of carbonyl (C=O) groups is 1. The van der Waals surface area contributed by atoms with Crippen molar-refractivity contribution < 1.29 is 22.4 Å². The van der Waals surface area contributed by atoms with Crippen LogP contribution in [0.2, 0.25) is 0 Å². The van der Waals surface area contributed by atoms with E-state index < -0.39 is 28.9 Å². The van der Waals surface area contributed by atoms with E-state index >= 15 is 0 Å². The number of pyridine rings is 1. The van der Waals surface area contributed by atoms with E-state index in [1.54, 1.807) is 18.4 Å². The van der Waals surface area contributed by atoms with Gasteiger partial charge in [-0.05, 0) is 36.4 Å². The highest BCUT2D eigenvalue weighted by molar-refractivity contribution is 6.04. The topological polar surface area (TPSA) is 67.2 Å². The van der Waals surface area contributed by atoms with Crippen LogP contribution < -0.4 is 10.6 Å². The van der Waals surface area contributed by atoms with Crippen LogP contribution in [0.3, 0.4) is 0 Å². The first-order valence-corrected chi connectivity index (χ1v) is 7.22. The van der Waals surface area contributed by atoms with E-state index in [0.29, 0.717) is 18.3 Å². The van der Waals surface area contributed by atoms with E-state index in [1.165, 1.54) is 12.3 Å². The van der Waals surface area contributed by atoms with E-state index in [-0.39, 0.29) is 5.82 Å². The lowest BCUT2D eigenvalue weighted by Gasteiger charge is -2.08. The van der Waals surface area contributed by atoms with Crippen molar-refractivity contribution in [3.05, 3.63) is 77.6 Å². The van der Waals surface area contributed by atoms with E-state index in [9.17, 15) is 18.0 Å². The van der Waals surface area contributed by atoms with Crippen molar-refractivity contribution in [1.82, 2.24) is 4.98 Å². The fourth-order valence-corrected chi connectivity index (χ4v) is 2.06. The number of anilines is 2. The molecule has 5 nitrogen and oxygen atoms in total. The Kier molecular flexibility index (Phi) is 4.69. The SMILES string of the molecule is O=C(Nc1ccc(NCc2ccco2)cn1)c1ccc(F)c(F)c1F. The number of hydrogen-bond donors (Lipinski definition) is 2. The standard InChI is InChI=1S/C17H12F3N3O2/c18-13-5-4-12(15(19)16(13)20)17(24)23-14-6-3-10(8-22-14)21-9-11-2-1-7-25-11/h1-8,21H,9H2,(H,22,23,24). The smallest absolute Gasteiger partial charge is 0.259 e. The van der Waals surface area contributed by atoms with Crippen LogP contribution in [0.5, 0.6) is 0 Å². The molecule has 2 N–H and O–H groups in total. The number of halogens is 3. The van der Waals surface area contributed by atoms with Crippen LogP contribution in [0.25, 0.3) is 0 Å². The normalized spacial score (nSPS) is 10.5. The largest absolute Gasteiger partial charge is 0.467 e. The van der Waals surface area contributed by atoms with Crippen molar-refractivity contribution in [2.24, 2.45) is 0 Å². The highest BCUT2D eigenvalue weighted by Crippen LogP contribution is 2.17. The van der Waals surface area contributed by atoms with Gasteiger partial charge in [0, 0.05) is 0 Å². The summed E-state index contributed by atoms with van der Waals surface area (Å²) in [5.41, 5.74) is 0.0640. The second kappa shape index (κ2) is 7.08. The molecule has 0 unspecified atom stereocenters. The summed E-state index contributed by atoms with van der Waals surface area (Å²) in [6.07, 6.45) is 3.02. The van der Waals surface area contributed by atoms with Gasteiger partial charge in [0.15, 0.2) is 17.5 Å². The van der Waals surface area contributed by atoms with Gasteiger partial charge in [0.05, 0.1) is 30.3 Å². The molecule has 0 fully saturated rings. The maximum Gasteiger partial charge on any atom is 0.259 e. The molecule has 2 heterocycles. The number of carbonyl (C=O) groups excluding carboxylic acids is 1. The first kappa shape index (κ1) is 16.6. The van der Waals surface area contributed by atoms with Crippen LogP contribution in [0.1, 0.15) is 16.1 Å². The quantitative estimate of drug-likeness (QED) is 0.686. The maximum atomic E-state index is 13.6. The summed E-state index contributed by atoms with van der Waals surface area (Å²) in [7, 11) is 0. The van der Waals surface area contributed by atoms with Crippen molar-refractivity contribution in [1.29, 1.82) is 0 Å². The van der Waals surface area contributed by atoms with Crippen molar-refractivity contribution in [2.75, 3.05) is 10.6 Å². The van der Waals surface area contributed by atoms with Gasteiger partial charge >= 0.3 is 0 Å². The summed E-state index contributed by atoms with van der Waals surface area (Å²) in [5, 5.41) is 5.38. The third-order valence-electron chi connectivity index (χ3n) is 3.33. The second-order valence-electron chi connectivity index (χ2n) is 5.04. The van der Waals surface area contributed by atoms with Crippen LogP contribution in [0.4, 0.5) is 24.7 Å². The number of amides is 1. The second-order valence-corrected chi connectivity index (χ2v) is 5.04. The monoisotopic (exact) mass is 347 g/mol. The third-order valence-corrected chi connectivity index (χ3v) is 3.33. The number of rotatable bonds is 5. The Morgan fingerprint density at radius 2 is 1.92 bits per heavy atom. The molecule has 0 aliphatic heterocycles. The molecule has 0 saturated carbocycles. The van der Waals surface area contributed by atoms with Crippen molar-refractivity contribution in [3.8, 4) is 0 Å². The zero-order chi connectivity index (χ0) is 17.8. The Labute approximate surface area is 140 Å². The molecule has 1 amide bonds. The van der Waals surface area contributed by atoms with Crippen LogP contribution in [0.15, 0.2) is 53.3 Å². The van der Waals surface area contributed by atoms with E-state index in [1.807, 2.05) is 6.07 Å². The highest BCUT2D eigenvalue weighted by atomic mass is 19.2. The molecule has 8 heteroatoms. The molecule has 0 aliphatic carbocycles. The Hall–Kier alpha value is -3.29. The number of nitrogens with zero attached hydrogens (tertiary/aromatic N) is 1. The molecular weight excluding hydrogens is 335 g/mol. The molecule has 0 saturated heterocycles.